The molecular formula is C8H12F3NO2. The first-order valence-electron chi connectivity index (χ1n) is 4.35. The van der Waals surface area contributed by atoms with Gasteiger partial charge in [0.15, 0.2) is 0 Å². The third kappa shape index (κ3) is 2.60. The Labute approximate surface area is 79.6 Å². The van der Waals surface area contributed by atoms with Crippen molar-refractivity contribution in [2.75, 3.05) is 7.11 Å². The summed E-state index contributed by atoms with van der Waals surface area (Å²) in [5, 5.41) is 2.24. The number of esters is 1. The van der Waals surface area contributed by atoms with Crippen molar-refractivity contribution in [1.82, 2.24) is 5.32 Å². The van der Waals surface area contributed by atoms with Gasteiger partial charge >= 0.3 is 12.1 Å². The van der Waals surface area contributed by atoms with Gasteiger partial charge in [-0.1, -0.05) is 0 Å². The minimum absolute atomic E-state index is 0.0248. The lowest BCUT2D eigenvalue weighted by Crippen LogP contribution is -2.53. The highest BCUT2D eigenvalue weighted by Crippen LogP contribution is 2.27. The highest BCUT2D eigenvalue weighted by atomic mass is 19.4. The van der Waals surface area contributed by atoms with E-state index in [0.29, 0.717) is 12.8 Å². The van der Waals surface area contributed by atoms with Gasteiger partial charge in [-0.15, -0.1) is 0 Å². The second kappa shape index (κ2) is 4.16. The summed E-state index contributed by atoms with van der Waals surface area (Å²) in [6.45, 7) is 0. The lowest BCUT2D eigenvalue weighted by atomic mass is 9.98. The number of halogens is 3. The predicted octanol–water partition coefficient (Wildman–Crippen LogP) is 1.23. The molecule has 2 unspecified atom stereocenters. The number of methoxy groups -OCH3 is 1. The van der Waals surface area contributed by atoms with E-state index in [0.717, 1.165) is 0 Å². The van der Waals surface area contributed by atoms with Gasteiger partial charge in [-0.25, -0.2) is 0 Å². The van der Waals surface area contributed by atoms with Crippen LogP contribution in [-0.4, -0.2) is 31.3 Å². The molecule has 0 aliphatic carbocycles. The van der Waals surface area contributed by atoms with Gasteiger partial charge in [-0.2, -0.15) is 13.2 Å². The van der Waals surface area contributed by atoms with E-state index in [1.54, 1.807) is 0 Å². The van der Waals surface area contributed by atoms with E-state index in [4.69, 9.17) is 0 Å². The van der Waals surface area contributed by atoms with Gasteiger partial charge in [0.25, 0.3) is 0 Å². The molecule has 1 N–H and O–H groups in total. The van der Waals surface area contributed by atoms with Crippen LogP contribution in [0.5, 0.6) is 0 Å². The van der Waals surface area contributed by atoms with Crippen LogP contribution in [-0.2, 0) is 9.53 Å². The Hall–Kier alpha value is -0.780. The Kier molecular flexibility index (Phi) is 3.36. The van der Waals surface area contributed by atoms with Crippen LogP contribution in [0.1, 0.15) is 19.3 Å². The zero-order chi connectivity index (χ0) is 10.8. The third-order valence-electron chi connectivity index (χ3n) is 2.27. The summed E-state index contributed by atoms with van der Waals surface area (Å²) < 4.78 is 41.2. The number of piperidine rings is 1. The van der Waals surface area contributed by atoms with E-state index in [9.17, 15) is 18.0 Å². The molecule has 0 aromatic carbocycles. The number of nitrogens with one attached hydrogen (secondary N) is 1. The van der Waals surface area contributed by atoms with Crippen molar-refractivity contribution in [1.29, 1.82) is 0 Å². The summed E-state index contributed by atoms with van der Waals surface area (Å²) in [4.78, 5) is 11.0. The zero-order valence-corrected chi connectivity index (χ0v) is 7.73. The Morgan fingerprint density at radius 3 is 2.57 bits per heavy atom. The van der Waals surface area contributed by atoms with E-state index in [1.807, 2.05) is 0 Å². The fourth-order valence-corrected chi connectivity index (χ4v) is 1.52. The molecule has 14 heavy (non-hydrogen) atoms. The Morgan fingerprint density at radius 2 is 2.07 bits per heavy atom. The lowest BCUT2D eigenvalue weighted by molar-refractivity contribution is -0.168. The zero-order valence-electron chi connectivity index (χ0n) is 7.73. The maximum absolute atomic E-state index is 12.3. The molecule has 6 heteroatoms. The van der Waals surface area contributed by atoms with Crippen LogP contribution in [0, 0.1) is 0 Å². The summed E-state index contributed by atoms with van der Waals surface area (Å²) in [7, 11) is 1.17. The summed E-state index contributed by atoms with van der Waals surface area (Å²) in [6, 6.07) is -2.40. The average molecular weight is 211 g/mol. The first kappa shape index (κ1) is 11.3. The molecule has 1 rings (SSSR count). The Balaban J connectivity index is 2.56. The first-order valence-corrected chi connectivity index (χ1v) is 4.35. The van der Waals surface area contributed by atoms with Crippen LogP contribution < -0.4 is 5.32 Å². The maximum Gasteiger partial charge on any atom is 0.403 e. The van der Waals surface area contributed by atoms with E-state index in [1.165, 1.54) is 7.11 Å². The number of ether oxygens (including phenoxy) is 1. The molecule has 1 fully saturated rings. The van der Waals surface area contributed by atoms with Crippen LogP contribution in [0.25, 0.3) is 0 Å². The molecule has 0 radical (unpaired) electrons. The normalized spacial score (nSPS) is 28.6. The van der Waals surface area contributed by atoms with Gasteiger partial charge in [0.1, 0.15) is 12.1 Å². The van der Waals surface area contributed by atoms with Gasteiger partial charge < -0.3 is 4.74 Å². The van der Waals surface area contributed by atoms with Crippen LogP contribution in [0.15, 0.2) is 0 Å². The van der Waals surface area contributed by atoms with Crippen molar-refractivity contribution in [3.05, 3.63) is 0 Å². The molecule has 0 bridgehead atoms. The number of hydrogen-bond donors (Lipinski definition) is 1. The highest BCUT2D eigenvalue weighted by molar-refractivity contribution is 5.75. The van der Waals surface area contributed by atoms with Crippen molar-refractivity contribution in [2.24, 2.45) is 0 Å². The molecule has 82 valence electrons. The Bertz CT molecular complexity index is 217. The van der Waals surface area contributed by atoms with Crippen molar-refractivity contribution in [3.8, 4) is 0 Å². The number of carbonyl (C=O) groups excluding carboxylic acids is 1. The number of carbonyl (C=O) groups is 1. The van der Waals surface area contributed by atoms with Crippen molar-refractivity contribution >= 4 is 5.97 Å². The summed E-state index contributed by atoms with van der Waals surface area (Å²) in [5.41, 5.74) is 0. The van der Waals surface area contributed by atoms with Crippen LogP contribution in [0.4, 0.5) is 13.2 Å². The summed E-state index contributed by atoms with van der Waals surface area (Å²) in [6.07, 6.45) is -3.47. The van der Waals surface area contributed by atoms with E-state index in [-0.39, 0.29) is 6.42 Å². The standard InChI is InChI=1S/C8H12F3NO2/c1-14-7(13)5-3-2-4-6(12-5)8(9,10)11/h5-6,12H,2-4H2,1H3. The largest absolute Gasteiger partial charge is 0.468 e. The van der Waals surface area contributed by atoms with Crippen molar-refractivity contribution in [3.63, 3.8) is 0 Å². The fraction of sp³-hybridized carbons (Fsp3) is 0.875. The van der Waals surface area contributed by atoms with Crippen molar-refractivity contribution in [2.45, 2.75) is 37.5 Å². The molecule has 0 aromatic rings. The predicted molar refractivity (Wildman–Crippen MR) is 42.6 cm³/mol. The molecule has 0 aromatic heterocycles. The molecule has 1 saturated heterocycles. The molecule has 0 amide bonds. The van der Waals surface area contributed by atoms with Gasteiger partial charge in [0.05, 0.1) is 7.11 Å². The second-order valence-electron chi connectivity index (χ2n) is 3.27. The van der Waals surface area contributed by atoms with Gasteiger partial charge in [0, 0.05) is 0 Å². The van der Waals surface area contributed by atoms with E-state index in [2.05, 4.69) is 10.1 Å². The van der Waals surface area contributed by atoms with Crippen molar-refractivity contribution < 1.29 is 22.7 Å². The highest BCUT2D eigenvalue weighted by Gasteiger charge is 2.43. The fourth-order valence-electron chi connectivity index (χ4n) is 1.52. The Morgan fingerprint density at radius 1 is 1.43 bits per heavy atom. The monoisotopic (exact) mass is 211 g/mol. The van der Waals surface area contributed by atoms with Gasteiger partial charge in [-0.05, 0) is 19.3 Å². The van der Waals surface area contributed by atoms with Gasteiger partial charge in [-0.3, -0.25) is 10.1 Å². The summed E-state index contributed by atoms with van der Waals surface area (Å²) >= 11 is 0. The molecule has 1 heterocycles. The maximum atomic E-state index is 12.3. The third-order valence-corrected chi connectivity index (χ3v) is 2.27. The topological polar surface area (TPSA) is 38.3 Å². The first-order chi connectivity index (χ1) is 6.45. The molecule has 0 spiro atoms. The van der Waals surface area contributed by atoms with Crippen LogP contribution in [0.3, 0.4) is 0 Å². The second-order valence-corrected chi connectivity index (χ2v) is 3.27. The molecule has 1 aliphatic heterocycles. The van der Waals surface area contributed by atoms with Gasteiger partial charge in [0.2, 0.25) is 0 Å². The minimum atomic E-state index is -4.29. The van der Waals surface area contributed by atoms with Crippen LogP contribution in [0.2, 0.25) is 0 Å². The molecule has 2 atom stereocenters. The molecular weight excluding hydrogens is 199 g/mol. The molecule has 3 nitrogen and oxygen atoms in total. The van der Waals surface area contributed by atoms with Crippen LogP contribution >= 0.6 is 0 Å². The summed E-state index contributed by atoms with van der Waals surface area (Å²) in [5.74, 6) is -0.626. The minimum Gasteiger partial charge on any atom is -0.468 e. The van der Waals surface area contributed by atoms with E-state index < -0.39 is 24.2 Å². The molecule has 0 saturated carbocycles. The smallest absolute Gasteiger partial charge is 0.403 e. The number of alkyl halides is 3. The average Bonchev–Trinajstić information content (AvgIpc) is 2.15. The SMILES string of the molecule is COC(=O)C1CCCC(C(F)(F)F)N1. The lowest BCUT2D eigenvalue weighted by Gasteiger charge is -2.30. The van der Waals surface area contributed by atoms with E-state index >= 15 is 0 Å². The number of hydrogen-bond acceptors (Lipinski definition) is 3. The quantitative estimate of drug-likeness (QED) is 0.663. The molecule has 1 aliphatic rings. The number of rotatable bonds is 1.